The van der Waals surface area contributed by atoms with Crippen LogP contribution in [0.4, 0.5) is 5.82 Å². The number of aromatic nitrogens is 9. The third-order valence-electron chi connectivity index (χ3n) is 8.55. The van der Waals surface area contributed by atoms with Gasteiger partial charge in [-0.1, -0.05) is 67.9 Å². The molecular weight excluding hydrogens is 578 g/mol. The number of hydrogen-bond donors (Lipinski definition) is 2. The normalized spacial score (nSPS) is 13.7. The molecular formula is C34H39N11O. The molecule has 2 N–H and O–H groups in total. The summed E-state index contributed by atoms with van der Waals surface area (Å²) in [5.41, 5.74) is 4.83. The van der Waals surface area contributed by atoms with Crippen LogP contribution in [0.5, 0.6) is 5.88 Å². The van der Waals surface area contributed by atoms with E-state index in [1.807, 2.05) is 65.3 Å². The second-order valence-electron chi connectivity index (χ2n) is 12.8. The Bertz CT molecular complexity index is 1910. The van der Waals surface area contributed by atoms with Gasteiger partial charge in [-0.2, -0.15) is 4.52 Å². The number of hydrogen-bond acceptors (Lipinski definition) is 10. The Kier molecular flexibility index (Phi) is 8.51. The van der Waals surface area contributed by atoms with Crippen molar-refractivity contribution in [3.8, 4) is 17.3 Å². The number of nitrogens with one attached hydrogen (secondary N) is 2. The summed E-state index contributed by atoms with van der Waals surface area (Å²) in [5.74, 6) is 2.75. The van der Waals surface area contributed by atoms with Crippen molar-refractivity contribution in [1.29, 1.82) is 0 Å². The predicted molar refractivity (Wildman–Crippen MR) is 176 cm³/mol. The lowest BCUT2D eigenvalue weighted by atomic mass is 9.80. The maximum Gasteiger partial charge on any atom is 0.226 e. The number of para-hydroxylation sites is 1. The van der Waals surface area contributed by atoms with Crippen molar-refractivity contribution in [2.45, 2.75) is 58.6 Å². The van der Waals surface area contributed by atoms with E-state index in [9.17, 15) is 0 Å². The van der Waals surface area contributed by atoms with Gasteiger partial charge in [-0.15, -0.1) is 20.4 Å². The molecule has 12 nitrogen and oxygen atoms in total. The van der Waals surface area contributed by atoms with Gasteiger partial charge in [0.1, 0.15) is 6.33 Å². The summed E-state index contributed by atoms with van der Waals surface area (Å²) in [4.78, 5) is 8.56. The smallest absolute Gasteiger partial charge is 0.226 e. The number of aryl methyl sites for hydroxylation is 1. The fourth-order valence-electron chi connectivity index (χ4n) is 5.73. The highest BCUT2D eigenvalue weighted by atomic mass is 16.5. The van der Waals surface area contributed by atoms with Crippen LogP contribution in [0.3, 0.4) is 0 Å². The topological polar surface area (TPSA) is 133 Å². The Hall–Kier alpha value is -4.97. The quantitative estimate of drug-likeness (QED) is 0.155. The number of rotatable bonds is 14. The van der Waals surface area contributed by atoms with Gasteiger partial charge in [-0.25, -0.2) is 14.6 Å². The van der Waals surface area contributed by atoms with Crippen molar-refractivity contribution >= 4 is 22.4 Å². The molecule has 12 heteroatoms. The lowest BCUT2D eigenvalue weighted by Gasteiger charge is -2.30. The van der Waals surface area contributed by atoms with Crippen LogP contribution in [0.15, 0.2) is 73.2 Å². The van der Waals surface area contributed by atoms with Crippen LogP contribution in [-0.4, -0.2) is 64.4 Å². The first-order chi connectivity index (χ1) is 22.5. The highest BCUT2D eigenvalue weighted by molar-refractivity contribution is 5.82. The minimum Gasteiger partial charge on any atom is -0.454 e. The summed E-state index contributed by atoms with van der Waals surface area (Å²) in [6.45, 7) is 7.33. The maximum absolute atomic E-state index is 5.91. The van der Waals surface area contributed by atoms with Crippen LogP contribution in [-0.2, 0) is 13.2 Å². The molecule has 6 aromatic rings. The Balaban J connectivity index is 0.899. The summed E-state index contributed by atoms with van der Waals surface area (Å²) in [5, 5.41) is 30.7. The molecule has 4 aromatic heterocycles. The molecule has 236 valence electrons. The number of anilines is 1. The van der Waals surface area contributed by atoms with E-state index in [2.05, 4.69) is 61.0 Å². The highest BCUT2D eigenvalue weighted by Crippen LogP contribution is 2.40. The molecule has 0 saturated heterocycles. The molecule has 1 aliphatic carbocycles. The summed E-state index contributed by atoms with van der Waals surface area (Å²) in [6.07, 6.45) is 8.88. The number of benzene rings is 2. The first-order valence-corrected chi connectivity index (χ1v) is 16.0. The number of nitrogens with zero attached hydrogens (tertiary/aromatic N) is 9. The van der Waals surface area contributed by atoms with Crippen molar-refractivity contribution in [1.82, 2.24) is 50.1 Å². The molecule has 0 aliphatic heterocycles. The summed E-state index contributed by atoms with van der Waals surface area (Å²) in [7, 11) is 0. The van der Waals surface area contributed by atoms with Gasteiger partial charge < -0.3 is 15.4 Å². The van der Waals surface area contributed by atoms with E-state index in [1.165, 1.54) is 31.2 Å². The average Bonchev–Trinajstić information content (AvgIpc) is 3.69. The van der Waals surface area contributed by atoms with Gasteiger partial charge >= 0.3 is 0 Å². The van der Waals surface area contributed by atoms with Crippen LogP contribution >= 0.6 is 0 Å². The molecule has 0 radical (unpaired) electrons. The van der Waals surface area contributed by atoms with Crippen molar-refractivity contribution in [3.63, 3.8) is 0 Å². The summed E-state index contributed by atoms with van der Waals surface area (Å²) in [6, 6.07) is 20.1. The molecule has 0 bridgehead atoms. The zero-order valence-corrected chi connectivity index (χ0v) is 26.3. The fraction of sp³-hybridized carbons (Fsp3) is 0.382. The highest BCUT2D eigenvalue weighted by Gasteiger charge is 2.26. The van der Waals surface area contributed by atoms with E-state index in [1.54, 1.807) is 4.68 Å². The predicted octanol–water partition coefficient (Wildman–Crippen LogP) is 5.29. The standard InChI is InChI=1S/C34H39N11O/c1-34(2,20-35-17-9-14-26-19-44(43-39-26)23-46-33-27-15-6-7-16-29(27)37-22-38-33)21-36-31-28(24-12-8-13-24)18-30-40-41-32(45(30)42-31)25-10-4-3-5-11-25/h3-7,10-11,15-16,18-19,22,24,35H,8-9,12-14,17,20-21,23H2,1-2H3,(H,36,42). The Morgan fingerprint density at radius 2 is 1.80 bits per heavy atom. The van der Waals surface area contributed by atoms with E-state index in [-0.39, 0.29) is 12.1 Å². The van der Waals surface area contributed by atoms with Gasteiger partial charge in [0.25, 0.3) is 0 Å². The molecule has 1 aliphatic rings. The van der Waals surface area contributed by atoms with Crippen LogP contribution in [0.1, 0.15) is 56.7 Å². The zero-order valence-electron chi connectivity index (χ0n) is 26.3. The van der Waals surface area contributed by atoms with Gasteiger partial charge in [-0.05, 0) is 61.8 Å². The second kappa shape index (κ2) is 13.2. The SMILES string of the molecule is CC(C)(CNCCCc1cn(COc2ncnc3ccccc23)nn1)CNc1nn2c(-c3ccccc3)nnc2cc1C1CCC1. The third kappa shape index (κ3) is 6.66. The van der Waals surface area contributed by atoms with Crippen molar-refractivity contribution in [3.05, 3.63) is 84.4 Å². The van der Waals surface area contributed by atoms with E-state index in [4.69, 9.17) is 9.84 Å². The average molecular weight is 618 g/mol. The van der Waals surface area contributed by atoms with Gasteiger partial charge in [0.2, 0.25) is 5.88 Å². The van der Waals surface area contributed by atoms with Crippen LogP contribution in [0.25, 0.3) is 27.9 Å². The Morgan fingerprint density at radius 1 is 0.957 bits per heavy atom. The monoisotopic (exact) mass is 617 g/mol. The minimum absolute atomic E-state index is 0.00854. The number of fused-ring (bicyclic) bond motifs is 2. The molecule has 0 atom stereocenters. The molecule has 1 saturated carbocycles. The lowest BCUT2D eigenvalue weighted by Crippen LogP contribution is -2.36. The summed E-state index contributed by atoms with van der Waals surface area (Å²) >= 11 is 0. The largest absolute Gasteiger partial charge is 0.454 e. The van der Waals surface area contributed by atoms with Gasteiger partial charge in [0.15, 0.2) is 24.0 Å². The molecule has 4 heterocycles. The van der Waals surface area contributed by atoms with E-state index < -0.39 is 0 Å². The Labute approximate surface area is 267 Å². The molecule has 46 heavy (non-hydrogen) atoms. The molecule has 0 amide bonds. The lowest BCUT2D eigenvalue weighted by molar-refractivity contribution is 0.212. The van der Waals surface area contributed by atoms with Crippen LogP contribution in [0, 0.1) is 5.41 Å². The van der Waals surface area contributed by atoms with Crippen molar-refractivity contribution in [2.24, 2.45) is 5.41 Å². The van der Waals surface area contributed by atoms with E-state index >= 15 is 0 Å². The van der Waals surface area contributed by atoms with Gasteiger partial charge in [0.05, 0.1) is 22.8 Å². The summed E-state index contributed by atoms with van der Waals surface area (Å²) < 4.78 is 9.47. The van der Waals surface area contributed by atoms with Crippen LogP contribution < -0.4 is 15.4 Å². The first-order valence-electron chi connectivity index (χ1n) is 16.0. The van der Waals surface area contributed by atoms with Crippen LogP contribution in [0.2, 0.25) is 0 Å². The minimum atomic E-state index is 0.00854. The van der Waals surface area contributed by atoms with E-state index in [0.717, 1.165) is 71.9 Å². The molecule has 1 fully saturated rings. The number of ether oxygens (including phenoxy) is 1. The maximum atomic E-state index is 5.91. The molecule has 0 spiro atoms. The molecule has 7 rings (SSSR count). The van der Waals surface area contributed by atoms with Crippen molar-refractivity contribution < 1.29 is 4.74 Å². The van der Waals surface area contributed by atoms with Gasteiger partial charge in [0, 0.05) is 24.2 Å². The van der Waals surface area contributed by atoms with Gasteiger partial charge in [-0.3, -0.25) is 0 Å². The first kappa shape index (κ1) is 29.7. The molecule has 0 unspecified atom stereocenters. The second-order valence-corrected chi connectivity index (χ2v) is 12.8. The fourth-order valence-corrected chi connectivity index (χ4v) is 5.73. The molecule has 2 aromatic carbocycles. The zero-order chi connectivity index (χ0) is 31.3. The Morgan fingerprint density at radius 3 is 2.65 bits per heavy atom. The third-order valence-corrected chi connectivity index (χ3v) is 8.55. The van der Waals surface area contributed by atoms with E-state index in [0.29, 0.717) is 11.8 Å². The van der Waals surface area contributed by atoms with Crippen molar-refractivity contribution in [2.75, 3.05) is 25.0 Å².